The van der Waals surface area contributed by atoms with Gasteiger partial charge in [0.1, 0.15) is 5.65 Å². The normalized spacial score (nSPS) is 17.8. The molecule has 1 saturated heterocycles. The number of aryl methyl sites for hydroxylation is 2. The van der Waals surface area contributed by atoms with Gasteiger partial charge in [0, 0.05) is 30.8 Å². The first-order valence-corrected chi connectivity index (χ1v) is 8.37. The van der Waals surface area contributed by atoms with Crippen molar-refractivity contribution in [3.8, 4) is 0 Å². The van der Waals surface area contributed by atoms with Gasteiger partial charge < -0.3 is 9.30 Å². The van der Waals surface area contributed by atoms with Crippen molar-refractivity contribution in [1.29, 1.82) is 0 Å². The van der Waals surface area contributed by atoms with E-state index in [0.717, 1.165) is 43.0 Å². The number of hydrogen-bond acceptors (Lipinski definition) is 3. The average molecular weight is 323 g/mol. The fraction of sp³-hybridized carbons (Fsp3) is 0.389. The number of nitrogens with zero attached hydrogens (tertiary/aromatic N) is 5. The minimum atomic E-state index is 0.0656. The molecule has 0 radical (unpaired) electrons. The largest absolute Gasteiger partial charge is 0.334 e. The van der Waals surface area contributed by atoms with Crippen LogP contribution in [-0.4, -0.2) is 42.6 Å². The van der Waals surface area contributed by atoms with Gasteiger partial charge in [-0.05, 0) is 44.9 Å². The van der Waals surface area contributed by atoms with Gasteiger partial charge in [0.2, 0.25) is 0 Å². The molecule has 0 aromatic carbocycles. The maximum Gasteiger partial charge on any atom is 0.257 e. The summed E-state index contributed by atoms with van der Waals surface area (Å²) in [7, 11) is 0. The van der Waals surface area contributed by atoms with Crippen LogP contribution in [0.2, 0.25) is 0 Å². The quantitative estimate of drug-likeness (QED) is 0.744. The molecule has 0 aliphatic carbocycles. The first-order chi connectivity index (χ1) is 11.6. The molecule has 4 heterocycles. The summed E-state index contributed by atoms with van der Waals surface area (Å²) < 4.78 is 3.90. The van der Waals surface area contributed by atoms with Crippen molar-refractivity contribution in [1.82, 2.24) is 24.1 Å². The highest BCUT2D eigenvalue weighted by atomic mass is 16.2. The molecule has 6 nitrogen and oxygen atoms in total. The van der Waals surface area contributed by atoms with Crippen LogP contribution < -0.4 is 0 Å². The Morgan fingerprint density at radius 2 is 2.21 bits per heavy atom. The Kier molecular flexibility index (Phi) is 3.59. The number of imidazole rings is 1. The summed E-state index contributed by atoms with van der Waals surface area (Å²) in [4.78, 5) is 19.4. The molecule has 0 saturated carbocycles. The van der Waals surface area contributed by atoms with E-state index in [0.29, 0.717) is 5.56 Å². The molecule has 3 aromatic rings. The minimum absolute atomic E-state index is 0.0656. The molecule has 1 amide bonds. The van der Waals surface area contributed by atoms with Crippen LogP contribution in [0.3, 0.4) is 0 Å². The van der Waals surface area contributed by atoms with E-state index in [2.05, 4.69) is 23.1 Å². The van der Waals surface area contributed by atoms with Crippen LogP contribution in [0.4, 0.5) is 0 Å². The van der Waals surface area contributed by atoms with Crippen molar-refractivity contribution < 1.29 is 4.79 Å². The van der Waals surface area contributed by atoms with Gasteiger partial charge in [0.25, 0.3) is 5.91 Å². The van der Waals surface area contributed by atoms with Crippen LogP contribution in [0.25, 0.3) is 5.65 Å². The van der Waals surface area contributed by atoms with Gasteiger partial charge in [-0.25, -0.2) is 4.98 Å². The second-order valence-corrected chi connectivity index (χ2v) is 6.48. The minimum Gasteiger partial charge on any atom is -0.334 e. The Balaban J connectivity index is 1.61. The first-order valence-electron chi connectivity index (χ1n) is 8.37. The molecule has 1 atom stereocenters. The van der Waals surface area contributed by atoms with E-state index < -0.39 is 0 Å². The molecule has 1 aliphatic rings. The summed E-state index contributed by atoms with van der Waals surface area (Å²) in [5, 5.41) is 4.54. The smallest absolute Gasteiger partial charge is 0.257 e. The van der Waals surface area contributed by atoms with Gasteiger partial charge in [0.15, 0.2) is 0 Å². The summed E-state index contributed by atoms with van der Waals surface area (Å²) in [6.07, 6.45) is 7.55. The monoisotopic (exact) mass is 323 g/mol. The third-order valence-electron chi connectivity index (χ3n) is 4.77. The molecule has 1 fully saturated rings. The molecular formula is C18H21N5O. The molecule has 0 spiro atoms. The Labute approximate surface area is 140 Å². The van der Waals surface area contributed by atoms with Gasteiger partial charge >= 0.3 is 0 Å². The van der Waals surface area contributed by atoms with Gasteiger partial charge in [-0.15, -0.1) is 0 Å². The molecule has 0 bridgehead atoms. The molecule has 4 rings (SSSR count). The second kappa shape index (κ2) is 5.78. The zero-order valence-corrected chi connectivity index (χ0v) is 14.0. The summed E-state index contributed by atoms with van der Waals surface area (Å²) >= 11 is 0. The van der Waals surface area contributed by atoms with E-state index in [1.807, 2.05) is 45.4 Å². The molecule has 3 aromatic heterocycles. The van der Waals surface area contributed by atoms with Crippen molar-refractivity contribution in [2.24, 2.45) is 0 Å². The maximum absolute atomic E-state index is 13.1. The zero-order valence-electron chi connectivity index (χ0n) is 14.0. The Bertz CT molecular complexity index is 894. The van der Waals surface area contributed by atoms with Gasteiger partial charge in [-0.1, -0.05) is 0 Å². The van der Waals surface area contributed by atoms with Crippen LogP contribution in [0, 0.1) is 13.8 Å². The number of aromatic nitrogens is 4. The molecule has 124 valence electrons. The number of carbonyl (C=O) groups excluding carboxylic acids is 1. The van der Waals surface area contributed by atoms with Crippen molar-refractivity contribution in [3.63, 3.8) is 0 Å². The Hall–Kier alpha value is -2.63. The SMILES string of the molecule is Cc1cc(C)n(C[C@H]2CCCN2C(=O)c2cccn3ccnc23)n1. The fourth-order valence-corrected chi connectivity index (χ4v) is 3.62. The molecule has 6 heteroatoms. The van der Waals surface area contributed by atoms with Crippen LogP contribution >= 0.6 is 0 Å². The first kappa shape index (κ1) is 14.9. The number of amides is 1. The molecular weight excluding hydrogens is 302 g/mol. The van der Waals surface area contributed by atoms with E-state index in [4.69, 9.17) is 0 Å². The van der Waals surface area contributed by atoms with Crippen LogP contribution in [0.5, 0.6) is 0 Å². The second-order valence-electron chi connectivity index (χ2n) is 6.48. The van der Waals surface area contributed by atoms with Crippen molar-refractivity contribution in [2.45, 2.75) is 39.3 Å². The lowest BCUT2D eigenvalue weighted by atomic mass is 10.2. The zero-order chi connectivity index (χ0) is 16.7. The van der Waals surface area contributed by atoms with Gasteiger partial charge in [0.05, 0.1) is 23.8 Å². The van der Waals surface area contributed by atoms with E-state index in [1.165, 1.54) is 0 Å². The molecule has 1 aliphatic heterocycles. The lowest BCUT2D eigenvalue weighted by Gasteiger charge is -2.25. The third-order valence-corrected chi connectivity index (χ3v) is 4.77. The van der Waals surface area contributed by atoms with E-state index in [1.54, 1.807) is 6.20 Å². The number of likely N-dealkylation sites (tertiary alicyclic amines) is 1. The predicted octanol–water partition coefficient (Wildman–Crippen LogP) is 2.45. The van der Waals surface area contributed by atoms with E-state index in [-0.39, 0.29) is 11.9 Å². The summed E-state index contributed by atoms with van der Waals surface area (Å²) in [5.41, 5.74) is 3.55. The van der Waals surface area contributed by atoms with Gasteiger partial charge in [-0.3, -0.25) is 9.48 Å². The number of rotatable bonds is 3. The summed E-state index contributed by atoms with van der Waals surface area (Å²) in [6.45, 7) is 5.61. The van der Waals surface area contributed by atoms with E-state index in [9.17, 15) is 4.79 Å². The van der Waals surface area contributed by atoms with Crippen LogP contribution in [0.15, 0.2) is 36.8 Å². The van der Waals surface area contributed by atoms with E-state index >= 15 is 0 Å². The van der Waals surface area contributed by atoms with Crippen LogP contribution in [-0.2, 0) is 6.54 Å². The average Bonchev–Trinajstić information content (AvgIpc) is 3.27. The number of pyridine rings is 1. The topological polar surface area (TPSA) is 55.4 Å². The highest BCUT2D eigenvalue weighted by Crippen LogP contribution is 2.23. The standard InChI is InChI=1S/C18H21N5O/c1-13-11-14(2)23(20-13)12-15-5-3-9-22(15)18(24)16-6-4-8-21-10-7-19-17(16)21/h4,6-8,10-11,15H,3,5,9,12H2,1-2H3/t15-/m1/s1. The fourth-order valence-electron chi connectivity index (χ4n) is 3.62. The lowest BCUT2D eigenvalue weighted by Crippen LogP contribution is -2.38. The lowest BCUT2D eigenvalue weighted by molar-refractivity contribution is 0.0722. The molecule has 0 N–H and O–H groups in total. The Morgan fingerprint density at radius 3 is 3.00 bits per heavy atom. The van der Waals surface area contributed by atoms with Gasteiger partial charge in [-0.2, -0.15) is 5.10 Å². The van der Waals surface area contributed by atoms with Crippen molar-refractivity contribution in [3.05, 3.63) is 53.7 Å². The molecule has 0 unspecified atom stereocenters. The number of fused-ring (bicyclic) bond motifs is 1. The third kappa shape index (κ3) is 2.48. The predicted molar refractivity (Wildman–Crippen MR) is 91.0 cm³/mol. The highest BCUT2D eigenvalue weighted by Gasteiger charge is 2.31. The van der Waals surface area contributed by atoms with Crippen molar-refractivity contribution >= 4 is 11.6 Å². The maximum atomic E-state index is 13.1. The molecule has 24 heavy (non-hydrogen) atoms. The number of carbonyl (C=O) groups is 1. The number of hydrogen-bond donors (Lipinski definition) is 0. The summed E-state index contributed by atoms with van der Waals surface area (Å²) in [5.74, 6) is 0.0656. The van der Waals surface area contributed by atoms with Crippen LogP contribution in [0.1, 0.15) is 34.6 Å². The Morgan fingerprint density at radius 1 is 1.33 bits per heavy atom. The van der Waals surface area contributed by atoms with Crippen molar-refractivity contribution in [2.75, 3.05) is 6.54 Å². The summed E-state index contributed by atoms with van der Waals surface area (Å²) in [6, 6.07) is 6.02. The highest BCUT2D eigenvalue weighted by molar-refractivity contribution is 6.00.